The van der Waals surface area contributed by atoms with Gasteiger partial charge in [0, 0.05) is 24.4 Å². The Bertz CT molecular complexity index is 628. The number of nitrogens with zero attached hydrogens (tertiary/aromatic N) is 1. The minimum Gasteiger partial charge on any atom is -0.494 e. The maximum atomic E-state index is 13.0. The molecule has 0 saturated carbocycles. The van der Waals surface area contributed by atoms with Crippen LogP contribution in [0.1, 0.15) is 32.4 Å². The zero-order valence-electron chi connectivity index (χ0n) is 14.5. The van der Waals surface area contributed by atoms with Crippen molar-refractivity contribution in [3.05, 3.63) is 42.1 Å². The lowest BCUT2D eigenvalue weighted by Gasteiger charge is -2.38. The fourth-order valence-electron chi connectivity index (χ4n) is 2.99. The molecule has 2 rings (SSSR count). The second-order valence-corrected chi connectivity index (χ2v) is 5.97. The first-order valence-corrected chi connectivity index (χ1v) is 8.71. The average molecular weight is 347 g/mol. The van der Waals surface area contributed by atoms with E-state index in [2.05, 4.69) is 17.2 Å². The summed E-state index contributed by atoms with van der Waals surface area (Å²) in [6.45, 7) is 11.8. The molecule has 1 fully saturated rings. The van der Waals surface area contributed by atoms with Gasteiger partial charge in [-0.15, -0.1) is 0 Å². The number of ether oxygens (including phenoxy) is 1. The van der Waals surface area contributed by atoms with Crippen molar-refractivity contribution in [1.82, 2.24) is 15.5 Å². The van der Waals surface area contributed by atoms with Crippen LogP contribution in [0.2, 0.25) is 0 Å². The van der Waals surface area contributed by atoms with E-state index in [1.807, 2.05) is 49.9 Å². The fourth-order valence-corrected chi connectivity index (χ4v) is 3.25. The van der Waals surface area contributed by atoms with Crippen molar-refractivity contribution in [3.63, 3.8) is 0 Å². The lowest BCUT2D eigenvalue weighted by Crippen LogP contribution is -2.53. The predicted molar refractivity (Wildman–Crippen MR) is 99.8 cm³/mol. The highest BCUT2D eigenvalue weighted by molar-refractivity contribution is 7.80. The number of carbonyl (C=O) groups is 1. The molecule has 0 aliphatic carbocycles. The molecule has 130 valence electrons. The van der Waals surface area contributed by atoms with E-state index in [1.165, 1.54) is 0 Å². The molecule has 0 spiro atoms. The first-order chi connectivity index (χ1) is 11.5. The number of hydrogen-bond acceptors (Lipinski definition) is 3. The van der Waals surface area contributed by atoms with E-state index in [-0.39, 0.29) is 11.9 Å². The normalized spacial score (nSPS) is 20.1. The number of nitrogens with one attached hydrogen (secondary N) is 2. The maximum Gasteiger partial charge on any atom is 0.234 e. The Balaban J connectivity index is 2.45. The molecule has 1 aliphatic rings. The molecule has 24 heavy (non-hydrogen) atoms. The molecule has 0 radical (unpaired) electrons. The number of amides is 1. The van der Waals surface area contributed by atoms with Crippen molar-refractivity contribution in [3.8, 4) is 5.75 Å². The Kier molecular flexibility index (Phi) is 6.20. The molecule has 1 saturated heterocycles. The quantitative estimate of drug-likeness (QED) is 0.775. The molecule has 5 nitrogen and oxygen atoms in total. The monoisotopic (exact) mass is 347 g/mol. The van der Waals surface area contributed by atoms with E-state index in [4.69, 9.17) is 17.0 Å². The summed E-state index contributed by atoms with van der Waals surface area (Å²) in [7, 11) is 0. The molecule has 1 aromatic rings. The van der Waals surface area contributed by atoms with Crippen LogP contribution in [0.3, 0.4) is 0 Å². The van der Waals surface area contributed by atoms with Crippen LogP contribution in [0.15, 0.2) is 36.5 Å². The van der Waals surface area contributed by atoms with Gasteiger partial charge < -0.3 is 20.3 Å². The first kappa shape index (κ1) is 18.3. The molecule has 1 aromatic carbocycles. The first-order valence-electron chi connectivity index (χ1n) is 8.30. The van der Waals surface area contributed by atoms with E-state index in [9.17, 15) is 4.79 Å². The SMILES string of the molecule is C=C1NC(=S)N[C@@H](c2ccccc2OCC)[C@@H]1C(=O)N(CC)CC. The summed E-state index contributed by atoms with van der Waals surface area (Å²) in [6, 6.07) is 7.43. The van der Waals surface area contributed by atoms with Gasteiger partial charge >= 0.3 is 0 Å². The van der Waals surface area contributed by atoms with Crippen LogP contribution in [-0.4, -0.2) is 35.6 Å². The number of carbonyl (C=O) groups excluding carboxylic acids is 1. The molecule has 0 unspecified atom stereocenters. The Morgan fingerprint density at radius 3 is 2.58 bits per heavy atom. The zero-order chi connectivity index (χ0) is 17.7. The van der Waals surface area contributed by atoms with E-state index >= 15 is 0 Å². The van der Waals surface area contributed by atoms with Crippen LogP contribution in [-0.2, 0) is 4.79 Å². The number of rotatable bonds is 6. The van der Waals surface area contributed by atoms with Crippen LogP contribution >= 0.6 is 12.2 Å². The average Bonchev–Trinajstić information content (AvgIpc) is 2.56. The minimum absolute atomic E-state index is 0.0313. The highest BCUT2D eigenvalue weighted by Crippen LogP contribution is 2.35. The van der Waals surface area contributed by atoms with Crippen molar-refractivity contribution >= 4 is 23.2 Å². The largest absolute Gasteiger partial charge is 0.494 e. The van der Waals surface area contributed by atoms with Gasteiger partial charge in [0.05, 0.1) is 12.6 Å². The minimum atomic E-state index is -0.446. The van der Waals surface area contributed by atoms with Crippen LogP contribution in [0.4, 0.5) is 0 Å². The molecule has 1 heterocycles. The van der Waals surface area contributed by atoms with Crippen molar-refractivity contribution in [2.24, 2.45) is 5.92 Å². The topological polar surface area (TPSA) is 53.6 Å². The van der Waals surface area contributed by atoms with Gasteiger partial charge in [0.15, 0.2) is 5.11 Å². The summed E-state index contributed by atoms with van der Waals surface area (Å²) >= 11 is 5.28. The van der Waals surface area contributed by atoms with Gasteiger partial charge in [0.2, 0.25) is 5.91 Å². The Hall–Kier alpha value is -2.08. The van der Waals surface area contributed by atoms with Gasteiger partial charge in [-0.25, -0.2) is 0 Å². The number of benzene rings is 1. The summed E-state index contributed by atoms with van der Waals surface area (Å²) < 4.78 is 5.74. The molecule has 1 aliphatic heterocycles. The third-order valence-corrected chi connectivity index (χ3v) is 4.38. The van der Waals surface area contributed by atoms with Gasteiger partial charge in [0.25, 0.3) is 0 Å². The molecule has 2 N–H and O–H groups in total. The van der Waals surface area contributed by atoms with E-state index in [1.54, 1.807) is 0 Å². The summed E-state index contributed by atoms with van der Waals surface area (Å²) in [5, 5.41) is 6.70. The second-order valence-electron chi connectivity index (χ2n) is 5.56. The highest BCUT2D eigenvalue weighted by atomic mass is 32.1. The second kappa shape index (κ2) is 8.15. The number of para-hydroxylation sites is 1. The van der Waals surface area contributed by atoms with E-state index < -0.39 is 5.92 Å². The number of thiocarbonyl (C=S) groups is 1. The summed E-state index contributed by atoms with van der Waals surface area (Å²) in [6.07, 6.45) is 0. The predicted octanol–water partition coefficient (Wildman–Crippen LogP) is 2.60. The molecule has 0 bridgehead atoms. The van der Waals surface area contributed by atoms with Crippen molar-refractivity contribution < 1.29 is 9.53 Å². The zero-order valence-corrected chi connectivity index (χ0v) is 15.3. The molecule has 0 aromatic heterocycles. The lowest BCUT2D eigenvalue weighted by atomic mass is 9.87. The van der Waals surface area contributed by atoms with Gasteiger partial charge in [-0.3, -0.25) is 4.79 Å². The number of hydrogen-bond donors (Lipinski definition) is 2. The lowest BCUT2D eigenvalue weighted by molar-refractivity contribution is -0.135. The van der Waals surface area contributed by atoms with Crippen LogP contribution in [0.25, 0.3) is 0 Å². The van der Waals surface area contributed by atoms with Crippen LogP contribution in [0, 0.1) is 5.92 Å². The molecular formula is C18H25N3O2S. The Labute approximate surface area is 149 Å². The van der Waals surface area contributed by atoms with Gasteiger partial charge in [-0.1, -0.05) is 24.8 Å². The third kappa shape index (κ3) is 3.70. The Morgan fingerprint density at radius 2 is 1.96 bits per heavy atom. The standard InChI is InChI=1S/C18H25N3O2S/c1-5-21(6-2)17(22)15-12(4)19-18(24)20-16(15)13-10-8-9-11-14(13)23-7-3/h8-11,15-16H,4-7H2,1-3H3,(H2,19,20,24)/t15-,16+/m1/s1. The smallest absolute Gasteiger partial charge is 0.234 e. The van der Waals surface area contributed by atoms with Crippen molar-refractivity contribution in [2.75, 3.05) is 19.7 Å². The van der Waals surface area contributed by atoms with E-state index in [0.29, 0.717) is 30.5 Å². The molecule has 1 amide bonds. The van der Waals surface area contributed by atoms with E-state index in [0.717, 1.165) is 11.3 Å². The van der Waals surface area contributed by atoms with Crippen LogP contribution < -0.4 is 15.4 Å². The van der Waals surface area contributed by atoms with Gasteiger partial charge in [0.1, 0.15) is 11.7 Å². The van der Waals surface area contributed by atoms with Crippen LogP contribution in [0.5, 0.6) is 5.75 Å². The van der Waals surface area contributed by atoms with Gasteiger partial charge in [-0.05, 0) is 39.1 Å². The summed E-state index contributed by atoms with van der Waals surface area (Å²) in [5.41, 5.74) is 1.53. The molecule has 2 atom stereocenters. The third-order valence-electron chi connectivity index (χ3n) is 4.16. The maximum absolute atomic E-state index is 13.0. The summed E-state index contributed by atoms with van der Waals surface area (Å²) in [5.74, 6) is 0.342. The fraction of sp³-hybridized carbons (Fsp3) is 0.444. The summed E-state index contributed by atoms with van der Waals surface area (Å²) in [4.78, 5) is 14.8. The highest BCUT2D eigenvalue weighted by Gasteiger charge is 2.39. The molecular weight excluding hydrogens is 322 g/mol. The Morgan fingerprint density at radius 1 is 1.29 bits per heavy atom. The van der Waals surface area contributed by atoms with Crippen molar-refractivity contribution in [2.45, 2.75) is 26.8 Å². The van der Waals surface area contributed by atoms with Crippen molar-refractivity contribution in [1.29, 1.82) is 0 Å². The van der Waals surface area contributed by atoms with Gasteiger partial charge in [-0.2, -0.15) is 0 Å². The molecule has 6 heteroatoms.